The summed E-state index contributed by atoms with van der Waals surface area (Å²) in [5, 5.41) is 32.9. The number of carbonyl (C=O) groups excluding carboxylic acids is 3. The van der Waals surface area contributed by atoms with Crippen LogP contribution in [-0.2, 0) is 30.4 Å². The second-order valence-electron chi connectivity index (χ2n) is 9.17. The van der Waals surface area contributed by atoms with Gasteiger partial charge in [-0.25, -0.2) is 4.79 Å². The van der Waals surface area contributed by atoms with Gasteiger partial charge in [-0.2, -0.15) is 0 Å². The summed E-state index contributed by atoms with van der Waals surface area (Å²) in [7, 11) is 0. The normalized spacial score (nSPS) is 16.9. The van der Waals surface area contributed by atoms with E-state index in [1.807, 2.05) is 0 Å². The molecule has 3 amide bonds. The Morgan fingerprint density at radius 3 is 2.31 bits per heavy atom. The van der Waals surface area contributed by atoms with E-state index in [0.717, 1.165) is 0 Å². The minimum absolute atomic E-state index is 0.0229. The molecular formula is C24H35N7O8. The Labute approximate surface area is 224 Å². The number of amides is 3. The van der Waals surface area contributed by atoms with Crippen LogP contribution >= 0.6 is 0 Å². The molecule has 1 saturated heterocycles. The Kier molecular flexibility index (Phi) is 11.5. The van der Waals surface area contributed by atoms with Gasteiger partial charge in [0.25, 0.3) is 0 Å². The molecule has 0 aromatic heterocycles. The summed E-state index contributed by atoms with van der Waals surface area (Å²) >= 11 is 0. The lowest BCUT2D eigenvalue weighted by Gasteiger charge is -2.28. The number of carboxylic acids is 2. The molecule has 1 aliphatic rings. The molecule has 15 nitrogen and oxygen atoms in total. The van der Waals surface area contributed by atoms with Crippen molar-refractivity contribution >= 4 is 35.6 Å². The quantitative estimate of drug-likeness (QED) is 0.0703. The average Bonchev–Trinajstić information content (AvgIpc) is 3.36. The highest BCUT2D eigenvalue weighted by molar-refractivity contribution is 5.95. The molecule has 1 fully saturated rings. The molecule has 1 aromatic carbocycles. The maximum Gasteiger partial charge on any atom is 0.326 e. The minimum atomic E-state index is -1.59. The minimum Gasteiger partial charge on any atom is -0.508 e. The van der Waals surface area contributed by atoms with Crippen molar-refractivity contribution < 1.29 is 39.3 Å². The summed E-state index contributed by atoms with van der Waals surface area (Å²) < 4.78 is 0. The van der Waals surface area contributed by atoms with E-state index in [0.29, 0.717) is 18.4 Å². The maximum absolute atomic E-state index is 13.1. The monoisotopic (exact) mass is 549 g/mol. The fraction of sp³-hybridized carbons (Fsp3) is 0.500. The molecule has 1 aromatic rings. The summed E-state index contributed by atoms with van der Waals surface area (Å²) in [6.07, 6.45) is 0.509. The zero-order chi connectivity index (χ0) is 29.1. The zero-order valence-electron chi connectivity index (χ0n) is 21.3. The van der Waals surface area contributed by atoms with Crippen LogP contribution in [0, 0.1) is 0 Å². The number of hydrogen-bond donors (Lipinski definition) is 8. The van der Waals surface area contributed by atoms with Crippen molar-refractivity contribution in [3.63, 3.8) is 0 Å². The maximum atomic E-state index is 13.1. The second-order valence-corrected chi connectivity index (χ2v) is 9.17. The van der Waals surface area contributed by atoms with Crippen LogP contribution in [0.2, 0.25) is 0 Å². The van der Waals surface area contributed by atoms with Crippen molar-refractivity contribution in [1.82, 2.24) is 15.5 Å². The van der Waals surface area contributed by atoms with Gasteiger partial charge in [0.15, 0.2) is 5.96 Å². The van der Waals surface area contributed by atoms with Gasteiger partial charge in [-0.1, -0.05) is 12.1 Å². The molecule has 214 valence electrons. The fourth-order valence-corrected chi connectivity index (χ4v) is 4.15. The smallest absolute Gasteiger partial charge is 0.326 e. The summed E-state index contributed by atoms with van der Waals surface area (Å²) in [6, 6.07) is 0.747. The molecule has 0 saturated carbocycles. The largest absolute Gasteiger partial charge is 0.508 e. The van der Waals surface area contributed by atoms with Crippen LogP contribution in [0.5, 0.6) is 5.75 Å². The van der Waals surface area contributed by atoms with Crippen molar-refractivity contribution in [3.8, 4) is 5.75 Å². The number of nitrogens with zero attached hydrogens (tertiary/aromatic N) is 2. The Morgan fingerprint density at radius 2 is 1.72 bits per heavy atom. The second kappa shape index (κ2) is 14.5. The number of hydrogen-bond acceptors (Lipinski definition) is 8. The van der Waals surface area contributed by atoms with Gasteiger partial charge in [-0.15, -0.1) is 0 Å². The molecule has 39 heavy (non-hydrogen) atoms. The van der Waals surface area contributed by atoms with E-state index in [1.165, 1.54) is 29.2 Å². The molecule has 0 radical (unpaired) electrons. The van der Waals surface area contributed by atoms with Crippen molar-refractivity contribution in [2.75, 3.05) is 13.1 Å². The summed E-state index contributed by atoms with van der Waals surface area (Å²) in [6.45, 7) is 0.533. The first kappa shape index (κ1) is 30.8. The molecule has 4 unspecified atom stereocenters. The highest BCUT2D eigenvalue weighted by Crippen LogP contribution is 2.20. The van der Waals surface area contributed by atoms with Crippen LogP contribution in [0.25, 0.3) is 0 Å². The molecule has 11 N–H and O–H groups in total. The van der Waals surface area contributed by atoms with Crippen LogP contribution in [0.1, 0.15) is 37.7 Å². The number of nitrogens with two attached hydrogens (primary N) is 3. The molecular weight excluding hydrogens is 514 g/mol. The van der Waals surface area contributed by atoms with Gasteiger partial charge in [-0.05, 0) is 43.4 Å². The third kappa shape index (κ3) is 9.77. The van der Waals surface area contributed by atoms with Crippen molar-refractivity contribution in [3.05, 3.63) is 29.8 Å². The van der Waals surface area contributed by atoms with Crippen LogP contribution in [0.3, 0.4) is 0 Å². The number of nitrogens with one attached hydrogen (secondary N) is 2. The molecule has 0 bridgehead atoms. The van der Waals surface area contributed by atoms with E-state index < -0.39 is 60.2 Å². The number of aliphatic imine (C=N–C) groups is 1. The molecule has 0 aliphatic carbocycles. The Hall–Kier alpha value is -4.40. The fourth-order valence-electron chi connectivity index (χ4n) is 4.15. The summed E-state index contributed by atoms with van der Waals surface area (Å²) in [5.74, 6) is -5.12. The number of likely N-dealkylation sites (tertiary alicyclic amines) is 1. The van der Waals surface area contributed by atoms with Crippen LogP contribution < -0.4 is 27.8 Å². The molecule has 1 aliphatic heterocycles. The number of aliphatic carboxylic acids is 2. The van der Waals surface area contributed by atoms with Crippen LogP contribution in [0.15, 0.2) is 29.3 Å². The topological polar surface area (TPSA) is 264 Å². The Morgan fingerprint density at radius 1 is 1.05 bits per heavy atom. The number of benzene rings is 1. The predicted octanol–water partition coefficient (Wildman–Crippen LogP) is -2.16. The van der Waals surface area contributed by atoms with E-state index in [2.05, 4.69) is 15.6 Å². The third-order valence-electron chi connectivity index (χ3n) is 6.13. The highest BCUT2D eigenvalue weighted by Gasteiger charge is 2.38. The number of aromatic hydroxyl groups is 1. The third-order valence-corrected chi connectivity index (χ3v) is 6.13. The predicted molar refractivity (Wildman–Crippen MR) is 138 cm³/mol. The first-order valence-electron chi connectivity index (χ1n) is 12.3. The van der Waals surface area contributed by atoms with Gasteiger partial charge in [0.2, 0.25) is 17.7 Å². The van der Waals surface area contributed by atoms with Gasteiger partial charge < -0.3 is 48.1 Å². The highest BCUT2D eigenvalue weighted by atomic mass is 16.4. The van der Waals surface area contributed by atoms with Gasteiger partial charge >= 0.3 is 11.9 Å². The van der Waals surface area contributed by atoms with Crippen molar-refractivity contribution in [2.45, 2.75) is 62.7 Å². The SMILES string of the molecule is NC(N)=NCCCC(N)C(=O)N1CCCC1C(=O)NC(CC(=O)O)C(=O)NC(Cc1ccc(O)cc1)C(=O)O. The Balaban J connectivity index is 2.06. The van der Waals surface area contributed by atoms with Gasteiger partial charge in [0.05, 0.1) is 12.5 Å². The van der Waals surface area contributed by atoms with Gasteiger partial charge in [-0.3, -0.25) is 24.2 Å². The number of guanidine groups is 1. The molecule has 4 atom stereocenters. The number of carbonyl (C=O) groups is 5. The van der Waals surface area contributed by atoms with Crippen molar-refractivity contribution in [1.29, 1.82) is 0 Å². The lowest BCUT2D eigenvalue weighted by molar-refractivity contribution is -0.144. The first-order chi connectivity index (χ1) is 18.4. The van der Waals surface area contributed by atoms with E-state index in [9.17, 15) is 39.3 Å². The lowest BCUT2D eigenvalue weighted by Crippen LogP contribution is -2.57. The standard InChI is InChI=1S/C24H35N7O8/c25-15(3-1-9-28-24(26)27)22(37)31-10-2-4-18(31)21(36)29-16(12-19(33)34)20(35)30-17(23(38)39)11-13-5-7-14(32)8-6-13/h5-8,15-18,32H,1-4,9-12,25H2,(H,29,36)(H,30,35)(H,33,34)(H,38,39)(H4,26,27,28). The molecule has 1 heterocycles. The average molecular weight is 550 g/mol. The number of phenols is 1. The van der Waals surface area contributed by atoms with E-state index in [-0.39, 0.29) is 44.1 Å². The summed E-state index contributed by atoms with van der Waals surface area (Å²) in [5.41, 5.74) is 17.0. The number of phenolic OH excluding ortho intramolecular Hbond substituents is 1. The number of rotatable bonds is 14. The molecule has 15 heteroatoms. The molecule has 2 rings (SSSR count). The lowest BCUT2D eigenvalue weighted by atomic mass is 10.0. The first-order valence-corrected chi connectivity index (χ1v) is 12.3. The van der Waals surface area contributed by atoms with Crippen LogP contribution in [0.4, 0.5) is 0 Å². The summed E-state index contributed by atoms with van der Waals surface area (Å²) in [4.78, 5) is 67.1. The number of carboxylic acid groups (broad SMARTS) is 2. The zero-order valence-corrected chi connectivity index (χ0v) is 21.3. The van der Waals surface area contributed by atoms with Gasteiger partial charge in [0.1, 0.15) is 23.9 Å². The van der Waals surface area contributed by atoms with Crippen molar-refractivity contribution in [2.24, 2.45) is 22.2 Å². The Bertz CT molecular complexity index is 1070. The molecule has 0 spiro atoms. The van der Waals surface area contributed by atoms with Crippen LogP contribution in [-0.4, -0.2) is 93.1 Å². The van der Waals surface area contributed by atoms with E-state index >= 15 is 0 Å². The van der Waals surface area contributed by atoms with E-state index in [4.69, 9.17) is 17.2 Å². The van der Waals surface area contributed by atoms with Gasteiger partial charge in [0, 0.05) is 19.5 Å². The van der Waals surface area contributed by atoms with E-state index in [1.54, 1.807) is 0 Å².